The van der Waals surface area contributed by atoms with Crippen molar-refractivity contribution in [1.82, 2.24) is 25.3 Å². The van der Waals surface area contributed by atoms with Gasteiger partial charge < -0.3 is 10.4 Å². The summed E-state index contributed by atoms with van der Waals surface area (Å²) in [6, 6.07) is 1.59. The fraction of sp³-hybridized carbons (Fsp3) is 0.462. The molecule has 0 radical (unpaired) electrons. The van der Waals surface area contributed by atoms with Crippen LogP contribution in [0.15, 0.2) is 24.7 Å². The molecule has 3 atom stereocenters. The normalized spacial score (nSPS) is 25.1. The molecule has 112 valence electrons. The van der Waals surface area contributed by atoms with E-state index in [0.717, 1.165) is 6.54 Å². The van der Waals surface area contributed by atoms with E-state index in [2.05, 4.69) is 20.6 Å². The van der Waals surface area contributed by atoms with E-state index < -0.39 is 6.10 Å². The lowest BCUT2D eigenvalue weighted by molar-refractivity contribution is 0.0868. The number of carbonyl (C=O) groups is 1. The van der Waals surface area contributed by atoms with E-state index in [4.69, 9.17) is 11.6 Å². The van der Waals surface area contributed by atoms with Gasteiger partial charge in [-0.3, -0.25) is 14.6 Å². The van der Waals surface area contributed by atoms with Crippen molar-refractivity contribution in [1.29, 1.82) is 0 Å². The minimum Gasteiger partial charge on any atom is -0.391 e. The molecule has 0 bridgehead atoms. The Kier molecular flexibility index (Phi) is 3.94. The van der Waals surface area contributed by atoms with Crippen LogP contribution in [0.5, 0.6) is 0 Å². The van der Waals surface area contributed by atoms with Crippen molar-refractivity contribution in [2.45, 2.75) is 31.5 Å². The van der Waals surface area contributed by atoms with Gasteiger partial charge in [0.1, 0.15) is 5.69 Å². The maximum atomic E-state index is 12.1. The molecule has 0 spiro atoms. The fourth-order valence-corrected chi connectivity index (χ4v) is 2.94. The molecule has 8 heteroatoms. The Labute approximate surface area is 126 Å². The lowest BCUT2D eigenvalue weighted by Gasteiger charge is -2.15. The number of nitrogens with one attached hydrogen (secondary N) is 2. The van der Waals surface area contributed by atoms with Gasteiger partial charge in [0.05, 0.1) is 23.4 Å². The standard InChI is InChI=1S/C13H16ClN5O2/c14-9-6-15-18-12(9)13(21)17-10-4-8(5-11(10)20)7-19-3-1-2-16-19/h1-3,6,8,10-11,20H,4-5,7H2,(H,15,18)(H,17,21)/t8?,10-,11-/m1/s1. The highest BCUT2D eigenvalue weighted by Crippen LogP contribution is 2.27. The van der Waals surface area contributed by atoms with Gasteiger partial charge in [0.25, 0.3) is 5.91 Å². The molecule has 1 fully saturated rings. The Morgan fingerprint density at radius 3 is 3.10 bits per heavy atom. The number of nitrogens with zero attached hydrogens (tertiary/aromatic N) is 3. The van der Waals surface area contributed by atoms with Gasteiger partial charge in [0, 0.05) is 18.9 Å². The van der Waals surface area contributed by atoms with Crippen LogP contribution < -0.4 is 5.32 Å². The molecule has 0 aliphatic heterocycles. The van der Waals surface area contributed by atoms with Crippen LogP contribution in [-0.2, 0) is 6.54 Å². The summed E-state index contributed by atoms with van der Waals surface area (Å²) in [7, 11) is 0. The van der Waals surface area contributed by atoms with Crippen LogP contribution in [0.25, 0.3) is 0 Å². The van der Waals surface area contributed by atoms with Crippen molar-refractivity contribution in [2.75, 3.05) is 0 Å². The molecule has 7 nitrogen and oxygen atoms in total. The summed E-state index contributed by atoms with van der Waals surface area (Å²) in [5.41, 5.74) is 0.222. The molecule has 1 saturated carbocycles. The second kappa shape index (κ2) is 5.87. The Balaban J connectivity index is 1.59. The zero-order chi connectivity index (χ0) is 14.8. The first-order chi connectivity index (χ1) is 10.1. The number of aliphatic hydroxyl groups excluding tert-OH is 1. The van der Waals surface area contributed by atoms with Gasteiger partial charge in [-0.05, 0) is 24.8 Å². The van der Waals surface area contributed by atoms with Gasteiger partial charge in [-0.15, -0.1) is 0 Å². The first kappa shape index (κ1) is 14.1. The van der Waals surface area contributed by atoms with Gasteiger partial charge in [0.15, 0.2) is 0 Å². The van der Waals surface area contributed by atoms with Crippen LogP contribution in [0.4, 0.5) is 0 Å². The van der Waals surface area contributed by atoms with Crippen molar-refractivity contribution in [3.63, 3.8) is 0 Å². The monoisotopic (exact) mass is 309 g/mol. The third kappa shape index (κ3) is 3.08. The summed E-state index contributed by atoms with van der Waals surface area (Å²) in [6.07, 6.45) is 5.78. The van der Waals surface area contributed by atoms with E-state index in [-0.39, 0.29) is 28.6 Å². The van der Waals surface area contributed by atoms with Gasteiger partial charge in [-0.25, -0.2) is 0 Å². The minimum atomic E-state index is -0.559. The highest BCUT2D eigenvalue weighted by atomic mass is 35.5. The van der Waals surface area contributed by atoms with Crippen LogP contribution in [-0.4, -0.2) is 43.1 Å². The SMILES string of the molecule is O=C(N[C@@H]1CC(Cn2cccn2)C[C@H]1O)c1[nH]ncc1Cl. The van der Waals surface area contributed by atoms with Crippen LogP contribution >= 0.6 is 11.6 Å². The molecule has 3 rings (SSSR count). The first-order valence-electron chi connectivity index (χ1n) is 6.78. The van der Waals surface area contributed by atoms with Crippen molar-refractivity contribution in [3.05, 3.63) is 35.4 Å². The maximum absolute atomic E-state index is 12.1. The molecular weight excluding hydrogens is 294 g/mol. The van der Waals surface area contributed by atoms with Crippen molar-refractivity contribution >= 4 is 17.5 Å². The number of hydrogen-bond donors (Lipinski definition) is 3. The Hall–Kier alpha value is -1.86. The third-order valence-corrected chi connectivity index (χ3v) is 4.05. The number of H-pyrrole nitrogens is 1. The van der Waals surface area contributed by atoms with E-state index in [1.807, 2.05) is 16.9 Å². The van der Waals surface area contributed by atoms with Crippen LogP contribution in [0.2, 0.25) is 5.02 Å². The average molecular weight is 310 g/mol. The van der Waals surface area contributed by atoms with Crippen molar-refractivity contribution in [2.24, 2.45) is 5.92 Å². The van der Waals surface area contributed by atoms with Crippen LogP contribution in [0.1, 0.15) is 23.3 Å². The second-order valence-electron chi connectivity index (χ2n) is 5.31. The van der Waals surface area contributed by atoms with E-state index in [9.17, 15) is 9.90 Å². The summed E-state index contributed by atoms with van der Waals surface area (Å²) in [5, 5.41) is 23.6. The number of aliphatic hydroxyl groups is 1. The molecular formula is C13H16ClN5O2. The second-order valence-corrected chi connectivity index (χ2v) is 5.71. The van der Waals surface area contributed by atoms with Gasteiger partial charge in [-0.1, -0.05) is 11.6 Å². The lowest BCUT2D eigenvalue weighted by atomic mass is 10.1. The number of carbonyl (C=O) groups excluding carboxylic acids is 1. The average Bonchev–Trinajstić information content (AvgIpc) is 3.14. The number of aromatic amines is 1. The predicted molar refractivity (Wildman–Crippen MR) is 75.8 cm³/mol. The van der Waals surface area contributed by atoms with Gasteiger partial charge in [0.2, 0.25) is 0 Å². The molecule has 2 aromatic rings. The number of amides is 1. The largest absolute Gasteiger partial charge is 0.391 e. The van der Waals surface area contributed by atoms with E-state index in [1.165, 1.54) is 6.20 Å². The topological polar surface area (TPSA) is 95.8 Å². The zero-order valence-electron chi connectivity index (χ0n) is 11.2. The number of hydrogen-bond acceptors (Lipinski definition) is 4. The highest BCUT2D eigenvalue weighted by molar-refractivity contribution is 6.33. The Bertz CT molecular complexity index is 612. The van der Waals surface area contributed by atoms with Gasteiger partial charge >= 0.3 is 0 Å². The Morgan fingerprint density at radius 2 is 2.43 bits per heavy atom. The summed E-state index contributed by atoms with van der Waals surface area (Å²) >= 11 is 5.85. The van der Waals surface area contributed by atoms with Crippen molar-refractivity contribution in [3.8, 4) is 0 Å². The summed E-state index contributed by atoms with van der Waals surface area (Å²) in [5.74, 6) is -0.0660. The third-order valence-electron chi connectivity index (χ3n) is 3.77. The van der Waals surface area contributed by atoms with Crippen LogP contribution in [0, 0.1) is 5.92 Å². The summed E-state index contributed by atoms with van der Waals surface area (Å²) in [4.78, 5) is 12.1. The lowest BCUT2D eigenvalue weighted by Crippen LogP contribution is -2.40. The number of aromatic nitrogens is 4. The minimum absolute atomic E-state index is 0.222. The van der Waals surface area contributed by atoms with Crippen molar-refractivity contribution < 1.29 is 9.90 Å². The fourth-order valence-electron chi connectivity index (χ4n) is 2.77. The van der Waals surface area contributed by atoms with E-state index in [0.29, 0.717) is 12.8 Å². The number of halogens is 1. The molecule has 1 aliphatic rings. The smallest absolute Gasteiger partial charge is 0.271 e. The highest BCUT2D eigenvalue weighted by Gasteiger charge is 2.34. The number of rotatable bonds is 4. The zero-order valence-corrected chi connectivity index (χ0v) is 12.0. The molecule has 1 aliphatic carbocycles. The molecule has 1 unspecified atom stereocenters. The molecule has 21 heavy (non-hydrogen) atoms. The molecule has 2 aromatic heterocycles. The predicted octanol–water partition coefficient (Wildman–Crippen LogP) is 0.829. The molecule has 2 heterocycles. The first-order valence-corrected chi connectivity index (χ1v) is 7.16. The molecule has 1 amide bonds. The molecule has 3 N–H and O–H groups in total. The quantitative estimate of drug-likeness (QED) is 0.779. The molecule has 0 saturated heterocycles. The maximum Gasteiger partial charge on any atom is 0.271 e. The van der Waals surface area contributed by atoms with Crippen LogP contribution in [0.3, 0.4) is 0 Å². The Morgan fingerprint density at radius 1 is 1.57 bits per heavy atom. The van der Waals surface area contributed by atoms with E-state index in [1.54, 1.807) is 6.20 Å². The van der Waals surface area contributed by atoms with E-state index >= 15 is 0 Å². The summed E-state index contributed by atoms with van der Waals surface area (Å²) < 4.78 is 1.84. The van der Waals surface area contributed by atoms with Gasteiger partial charge in [-0.2, -0.15) is 10.2 Å². The summed E-state index contributed by atoms with van der Waals surface area (Å²) in [6.45, 7) is 0.737. The molecule has 0 aromatic carbocycles.